The van der Waals surface area contributed by atoms with Crippen LogP contribution in [0.15, 0.2) is 18.2 Å². The molecule has 0 atom stereocenters. The number of hydrogen-bond donors (Lipinski definition) is 1. The number of rotatable bonds is 2. The summed E-state index contributed by atoms with van der Waals surface area (Å²) in [5.41, 5.74) is 7.45. The van der Waals surface area contributed by atoms with Gasteiger partial charge in [-0.1, -0.05) is 41.1 Å². The Labute approximate surface area is 96.9 Å². The van der Waals surface area contributed by atoms with Crippen molar-refractivity contribution in [2.45, 2.75) is 13.5 Å². The minimum Gasteiger partial charge on any atom is -0.324 e. The number of nitrogens with zero attached hydrogens (tertiary/aromatic N) is 2. The van der Waals surface area contributed by atoms with E-state index in [4.69, 9.17) is 17.3 Å². The molecule has 2 N–H and O–H groups in total. The van der Waals surface area contributed by atoms with Crippen molar-refractivity contribution in [3.63, 3.8) is 0 Å². The van der Waals surface area contributed by atoms with E-state index in [2.05, 4.69) is 10.2 Å². The van der Waals surface area contributed by atoms with Crippen LogP contribution < -0.4 is 5.73 Å². The molecule has 0 aliphatic heterocycles. The second-order valence-corrected chi connectivity index (χ2v) is 4.58. The van der Waals surface area contributed by atoms with Gasteiger partial charge in [0.05, 0.1) is 5.02 Å². The Hall–Kier alpha value is -0.970. The molecule has 0 amide bonds. The van der Waals surface area contributed by atoms with Crippen LogP contribution in [0.4, 0.5) is 0 Å². The second-order valence-electron chi connectivity index (χ2n) is 3.14. The first kappa shape index (κ1) is 10.5. The van der Waals surface area contributed by atoms with Crippen molar-refractivity contribution in [2.75, 3.05) is 0 Å². The van der Waals surface area contributed by atoms with Gasteiger partial charge >= 0.3 is 0 Å². The van der Waals surface area contributed by atoms with Crippen molar-refractivity contribution in [1.82, 2.24) is 10.2 Å². The maximum atomic E-state index is 6.19. The van der Waals surface area contributed by atoms with Gasteiger partial charge in [0.25, 0.3) is 0 Å². The Balaban J connectivity index is 2.49. The summed E-state index contributed by atoms with van der Waals surface area (Å²) >= 11 is 7.67. The van der Waals surface area contributed by atoms with Gasteiger partial charge in [-0.25, -0.2) is 0 Å². The van der Waals surface area contributed by atoms with Gasteiger partial charge in [-0.15, -0.1) is 10.2 Å². The molecule has 0 saturated carbocycles. The van der Waals surface area contributed by atoms with Gasteiger partial charge in [-0.05, 0) is 12.5 Å². The van der Waals surface area contributed by atoms with Crippen molar-refractivity contribution in [3.8, 4) is 10.6 Å². The highest BCUT2D eigenvalue weighted by atomic mass is 35.5. The van der Waals surface area contributed by atoms with E-state index in [-0.39, 0.29) is 0 Å². The standard InChI is InChI=1S/C10H10ClN3S/c1-6-3-2-4-7(9(6)11)10-14-13-8(5-12)15-10/h2-4H,5,12H2,1H3. The molecular formula is C10H10ClN3S. The van der Waals surface area contributed by atoms with Crippen LogP contribution in [-0.2, 0) is 6.54 Å². The normalized spacial score (nSPS) is 10.6. The number of aromatic nitrogens is 2. The van der Waals surface area contributed by atoms with Crippen LogP contribution in [0.5, 0.6) is 0 Å². The van der Waals surface area contributed by atoms with E-state index >= 15 is 0 Å². The van der Waals surface area contributed by atoms with Crippen molar-refractivity contribution in [2.24, 2.45) is 5.73 Å². The van der Waals surface area contributed by atoms with E-state index in [9.17, 15) is 0 Å². The van der Waals surface area contributed by atoms with E-state index in [0.29, 0.717) is 6.54 Å². The smallest absolute Gasteiger partial charge is 0.149 e. The van der Waals surface area contributed by atoms with Crippen molar-refractivity contribution in [3.05, 3.63) is 33.8 Å². The van der Waals surface area contributed by atoms with Gasteiger partial charge in [0, 0.05) is 12.1 Å². The summed E-state index contributed by atoms with van der Waals surface area (Å²) in [4.78, 5) is 0. The quantitative estimate of drug-likeness (QED) is 0.877. The fourth-order valence-corrected chi connectivity index (χ4v) is 2.28. The predicted octanol–water partition coefficient (Wildman–Crippen LogP) is 2.63. The highest BCUT2D eigenvalue weighted by molar-refractivity contribution is 7.14. The zero-order chi connectivity index (χ0) is 10.8. The summed E-state index contributed by atoms with van der Waals surface area (Å²) in [5, 5.41) is 10.4. The molecule has 1 aromatic carbocycles. The van der Waals surface area contributed by atoms with Gasteiger partial charge in [0.1, 0.15) is 10.0 Å². The molecule has 5 heteroatoms. The summed E-state index contributed by atoms with van der Waals surface area (Å²) in [6.45, 7) is 2.39. The minimum atomic E-state index is 0.418. The van der Waals surface area contributed by atoms with Gasteiger partial charge in [-0.2, -0.15) is 0 Å². The highest BCUT2D eigenvalue weighted by Crippen LogP contribution is 2.31. The van der Waals surface area contributed by atoms with Crippen LogP contribution >= 0.6 is 22.9 Å². The van der Waals surface area contributed by atoms with Crippen LogP contribution in [0.2, 0.25) is 5.02 Å². The molecule has 0 saturated heterocycles. The largest absolute Gasteiger partial charge is 0.324 e. The van der Waals surface area contributed by atoms with Gasteiger partial charge in [0.2, 0.25) is 0 Å². The summed E-state index contributed by atoms with van der Waals surface area (Å²) in [6.07, 6.45) is 0. The summed E-state index contributed by atoms with van der Waals surface area (Å²) < 4.78 is 0. The molecule has 0 fully saturated rings. The third-order valence-electron chi connectivity index (χ3n) is 2.06. The number of nitrogens with two attached hydrogens (primary N) is 1. The zero-order valence-corrected chi connectivity index (χ0v) is 9.77. The number of benzene rings is 1. The lowest BCUT2D eigenvalue weighted by atomic mass is 10.1. The molecule has 78 valence electrons. The molecule has 0 aliphatic rings. The Morgan fingerprint density at radius 1 is 1.40 bits per heavy atom. The fourth-order valence-electron chi connectivity index (χ4n) is 1.26. The highest BCUT2D eigenvalue weighted by Gasteiger charge is 2.10. The third-order valence-corrected chi connectivity index (χ3v) is 3.54. The molecule has 0 spiro atoms. The Bertz CT molecular complexity index is 481. The predicted molar refractivity (Wildman–Crippen MR) is 63.0 cm³/mol. The summed E-state index contributed by atoms with van der Waals surface area (Å²) in [7, 11) is 0. The fraction of sp³-hybridized carbons (Fsp3) is 0.200. The Kier molecular flexibility index (Phi) is 3.00. The first-order valence-electron chi connectivity index (χ1n) is 4.50. The minimum absolute atomic E-state index is 0.418. The Morgan fingerprint density at radius 3 is 2.87 bits per heavy atom. The van der Waals surface area contributed by atoms with Crippen LogP contribution in [0.1, 0.15) is 10.6 Å². The molecule has 2 aromatic rings. The average Bonchev–Trinajstić information content (AvgIpc) is 2.70. The van der Waals surface area contributed by atoms with E-state index in [0.717, 1.165) is 26.2 Å². The molecule has 0 aliphatic carbocycles. The summed E-state index contributed by atoms with van der Waals surface area (Å²) in [6, 6.07) is 5.87. The molecule has 3 nitrogen and oxygen atoms in total. The topological polar surface area (TPSA) is 51.8 Å². The zero-order valence-electron chi connectivity index (χ0n) is 8.20. The van der Waals surface area contributed by atoms with Crippen LogP contribution in [0.3, 0.4) is 0 Å². The van der Waals surface area contributed by atoms with Crippen molar-refractivity contribution >= 4 is 22.9 Å². The molecule has 0 bridgehead atoms. The first-order chi connectivity index (χ1) is 7.22. The van der Waals surface area contributed by atoms with Crippen LogP contribution in [-0.4, -0.2) is 10.2 Å². The molecule has 0 radical (unpaired) electrons. The van der Waals surface area contributed by atoms with Gasteiger partial charge < -0.3 is 5.73 Å². The SMILES string of the molecule is Cc1cccc(-c2nnc(CN)s2)c1Cl. The monoisotopic (exact) mass is 239 g/mol. The van der Waals surface area contributed by atoms with Crippen LogP contribution in [0, 0.1) is 6.92 Å². The number of aryl methyl sites for hydroxylation is 1. The maximum absolute atomic E-state index is 6.19. The van der Waals surface area contributed by atoms with Crippen molar-refractivity contribution < 1.29 is 0 Å². The molecule has 15 heavy (non-hydrogen) atoms. The van der Waals surface area contributed by atoms with E-state index < -0.39 is 0 Å². The molecule has 1 aromatic heterocycles. The molecule has 0 unspecified atom stereocenters. The van der Waals surface area contributed by atoms with E-state index in [1.807, 2.05) is 25.1 Å². The van der Waals surface area contributed by atoms with E-state index in [1.54, 1.807) is 0 Å². The first-order valence-corrected chi connectivity index (χ1v) is 5.69. The van der Waals surface area contributed by atoms with Crippen molar-refractivity contribution in [1.29, 1.82) is 0 Å². The average molecular weight is 240 g/mol. The number of halogens is 1. The lowest BCUT2D eigenvalue weighted by molar-refractivity contribution is 0.960. The lowest BCUT2D eigenvalue weighted by Gasteiger charge is -2.01. The van der Waals surface area contributed by atoms with Crippen LogP contribution in [0.25, 0.3) is 10.6 Å². The Morgan fingerprint density at radius 2 is 2.20 bits per heavy atom. The lowest BCUT2D eigenvalue weighted by Crippen LogP contribution is -1.94. The summed E-state index contributed by atoms with van der Waals surface area (Å²) in [5.74, 6) is 0. The molecular weight excluding hydrogens is 230 g/mol. The van der Waals surface area contributed by atoms with Gasteiger partial charge in [-0.3, -0.25) is 0 Å². The van der Waals surface area contributed by atoms with E-state index in [1.165, 1.54) is 11.3 Å². The molecule has 2 rings (SSSR count). The van der Waals surface area contributed by atoms with Gasteiger partial charge in [0.15, 0.2) is 0 Å². The number of hydrogen-bond acceptors (Lipinski definition) is 4. The molecule has 1 heterocycles. The maximum Gasteiger partial charge on any atom is 0.149 e. The third kappa shape index (κ3) is 2.02. The second kappa shape index (κ2) is 4.26.